The molecule has 1 aliphatic rings. The van der Waals surface area contributed by atoms with Gasteiger partial charge in [-0.3, -0.25) is 4.79 Å². The smallest absolute Gasteiger partial charge is 0.279 e. The third-order valence-corrected chi connectivity index (χ3v) is 5.56. The fraction of sp³-hybridized carbons (Fsp3) is 0.409. The Kier molecular flexibility index (Phi) is 7.87. The summed E-state index contributed by atoms with van der Waals surface area (Å²) < 4.78 is 11.5. The lowest BCUT2D eigenvalue weighted by molar-refractivity contribution is -0.124. The number of nitrogens with one attached hydrogen (secondary N) is 1. The molecule has 0 aliphatic heterocycles. The van der Waals surface area contributed by atoms with Gasteiger partial charge in [0.2, 0.25) is 5.91 Å². The number of Topliss-reactive ketones (excluding diaryl/α,β-unsaturated/α-hetero) is 1. The van der Waals surface area contributed by atoms with Gasteiger partial charge in [0.05, 0.1) is 16.5 Å². The highest BCUT2D eigenvalue weighted by atomic mass is 35.5. The van der Waals surface area contributed by atoms with Crippen LogP contribution in [0.5, 0.6) is 16.7 Å². The number of aromatic nitrogens is 1. The lowest BCUT2D eigenvalue weighted by atomic mass is 10.2. The molecule has 8 heteroatoms. The van der Waals surface area contributed by atoms with E-state index in [1.165, 1.54) is 31.1 Å². The van der Waals surface area contributed by atoms with Gasteiger partial charge < -0.3 is 19.6 Å². The molecule has 3 rings (SSSR count). The van der Waals surface area contributed by atoms with E-state index in [-0.39, 0.29) is 30.6 Å². The summed E-state index contributed by atoms with van der Waals surface area (Å²) in [4.78, 5) is 27.9. The molecule has 1 aromatic carbocycles. The van der Waals surface area contributed by atoms with E-state index in [0.29, 0.717) is 21.9 Å². The summed E-state index contributed by atoms with van der Waals surface area (Å²) in [5.41, 5.74) is 0. The zero-order chi connectivity index (χ0) is 21.5. The fourth-order valence-corrected chi connectivity index (χ4v) is 3.44. The molecule has 1 aliphatic carbocycles. The zero-order valence-corrected chi connectivity index (χ0v) is 18.6. The van der Waals surface area contributed by atoms with Crippen molar-refractivity contribution < 1.29 is 19.1 Å². The van der Waals surface area contributed by atoms with Crippen molar-refractivity contribution in [2.75, 3.05) is 6.61 Å². The average Bonchev–Trinajstić information content (AvgIpc) is 3.43. The number of carbonyl (C=O) groups is 2. The topological polar surface area (TPSA) is 77.5 Å². The molecule has 0 radical (unpaired) electrons. The van der Waals surface area contributed by atoms with Crippen molar-refractivity contribution in [2.24, 2.45) is 5.92 Å². The van der Waals surface area contributed by atoms with Crippen LogP contribution in [0, 0.1) is 5.92 Å². The maximum absolute atomic E-state index is 11.8. The van der Waals surface area contributed by atoms with E-state index >= 15 is 0 Å². The number of thiazole rings is 1. The Morgan fingerprint density at radius 3 is 2.87 bits per heavy atom. The molecule has 0 spiro atoms. The first-order valence-corrected chi connectivity index (χ1v) is 11.1. The Morgan fingerprint density at radius 1 is 1.37 bits per heavy atom. The minimum atomic E-state index is -0.159. The van der Waals surface area contributed by atoms with Gasteiger partial charge >= 0.3 is 0 Å². The normalized spacial score (nSPS) is 14.5. The predicted octanol–water partition coefficient (Wildman–Crippen LogP) is 5.26. The van der Waals surface area contributed by atoms with Crippen molar-refractivity contribution in [1.82, 2.24) is 10.3 Å². The first-order chi connectivity index (χ1) is 14.4. The third-order valence-electron chi connectivity index (χ3n) is 4.43. The summed E-state index contributed by atoms with van der Waals surface area (Å²) in [6, 6.07) is 5.22. The van der Waals surface area contributed by atoms with Gasteiger partial charge in [-0.25, -0.2) is 4.98 Å². The molecule has 1 atom stereocenters. The Labute approximate surface area is 185 Å². The Morgan fingerprint density at radius 2 is 2.17 bits per heavy atom. The van der Waals surface area contributed by atoms with Gasteiger partial charge in [-0.15, -0.1) is 0 Å². The molecule has 2 aromatic rings. The minimum Gasteiger partial charge on any atom is -0.493 e. The largest absolute Gasteiger partial charge is 0.493 e. The highest BCUT2D eigenvalue weighted by molar-refractivity contribution is 7.14. The van der Waals surface area contributed by atoms with Crippen LogP contribution in [0.2, 0.25) is 5.02 Å². The van der Waals surface area contributed by atoms with Gasteiger partial charge in [0.15, 0.2) is 0 Å². The van der Waals surface area contributed by atoms with Gasteiger partial charge in [0, 0.05) is 31.1 Å². The molecule has 1 fully saturated rings. The molecule has 6 nitrogen and oxygen atoms in total. The number of hydrogen-bond donors (Lipinski definition) is 1. The molecular formula is C22H25ClN2O4S. The molecule has 1 N–H and O–H groups in total. The maximum atomic E-state index is 11.8. The lowest BCUT2D eigenvalue weighted by Gasteiger charge is -2.09. The van der Waals surface area contributed by atoms with Gasteiger partial charge in [-0.05, 0) is 50.8 Å². The van der Waals surface area contributed by atoms with Crippen LogP contribution in [0.4, 0.5) is 0 Å². The van der Waals surface area contributed by atoms with Crippen LogP contribution in [-0.4, -0.2) is 29.3 Å². The Bertz CT molecular complexity index is 924. The number of halogens is 1. The van der Waals surface area contributed by atoms with Crippen molar-refractivity contribution in [2.45, 2.75) is 45.6 Å². The van der Waals surface area contributed by atoms with E-state index in [0.717, 1.165) is 17.2 Å². The molecule has 0 unspecified atom stereocenters. The summed E-state index contributed by atoms with van der Waals surface area (Å²) in [5.74, 6) is 1.80. The van der Waals surface area contributed by atoms with E-state index in [4.69, 9.17) is 21.1 Å². The van der Waals surface area contributed by atoms with Crippen LogP contribution in [0.1, 0.15) is 44.4 Å². The summed E-state index contributed by atoms with van der Waals surface area (Å²) in [6.07, 6.45) is 8.37. The second kappa shape index (κ2) is 10.6. The highest BCUT2D eigenvalue weighted by Crippen LogP contribution is 2.35. The number of amides is 1. The summed E-state index contributed by atoms with van der Waals surface area (Å²) in [7, 11) is 0. The molecule has 1 saturated carbocycles. The number of benzene rings is 1. The molecule has 1 aromatic heterocycles. The van der Waals surface area contributed by atoms with Gasteiger partial charge in [0.1, 0.15) is 17.3 Å². The Balaban J connectivity index is 1.50. The standard InChI is InChI=1S/C22H25ClN2O4S/c1-14(25-21(27)10-4-15(2)26)3-8-18-12-24-22(30-18)29-20-9-7-17(11-19(20)23)28-13-16-5-6-16/h3,7-9,11-12,14,16H,4-6,10,13H2,1-2H3,(H,25,27)/t14-/m0/s1. The number of hydrogen-bond acceptors (Lipinski definition) is 6. The number of carbonyl (C=O) groups excluding carboxylic acids is 2. The second-order valence-corrected chi connectivity index (χ2v) is 8.83. The van der Waals surface area contributed by atoms with E-state index in [2.05, 4.69) is 10.3 Å². The van der Waals surface area contributed by atoms with Gasteiger partial charge in [0.25, 0.3) is 5.19 Å². The molecular weight excluding hydrogens is 424 g/mol. The number of rotatable bonds is 11. The fourth-order valence-electron chi connectivity index (χ4n) is 2.54. The van der Waals surface area contributed by atoms with Crippen molar-refractivity contribution in [3.05, 3.63) is 40.4 Å². The monoisotopic (exact) mass is 448 g/mol. The molecule has 0 saturated heterocycles. The highest BCUT2D eigenvalue weighted by Gasteiger charge is 2.22. The summed E-state index contributed by atoms with van der Waals surface area (Å²) in [6.45, 7) is 4.08. The first-order valence-electron chi connectivity index (χ1n) is 9.92. The minimum absolute atomic E-state index is 0.00561. The predicted molar refractivity (Wildman–Crippen MR) is 118 cm³/mol. The van der Waals surface area contributed by atoms with Gasteiger partial charge in [-0.1, -0.05) is 29.0 Å². The number of ketones is 1. The number of ether oxygens (including phenoxy) is 2. The van der Waals surface area contributed by atoms with Crippen LogP contribution in [0.3, 0.4) is 0 Å². The van der Waals surface area contributed by atoms with Gasteiger partial charge in [-0.2, -0.15) is 0 Å². The molecule has 1 heterocycles. The first kappa shape index (κ1) is 22.3. The van der Waals surface area contributed by atoms with Crippen molar-refractivity contribution in [3.8, 4) is 16.7 Å². The van der Waals surface area contributed by atoms with Crippen molar-refractivity contribution in [1.29, 1.82) is 0 Å². The molecule has 0 bridgehead atoms. The van der Waals surface area contributed by atoms with Crippen molar-refractivity contribution >= 4 is 40.7 Å². The van der Waals surface area contributed by atoms with Crippen LogP contribution in [0.15, 0.2) is 30.5 Å². The van der Waals surface area contributed by atoms with E-state index in [1.807, 2.05) is 25.1 Å². The maximum Gasteiger partial charge on any atom is 0.279 e. The molecule has 1 amide bonds. The molecule has 30 heavy (non-hydrogen) atoms. The van der Waals surface area contributed by atoms with E-state index in [9.17, 15) is 9.59 Å². The van der Waals surface area contributed by atoms with Crippen LogP contribution < -0.4 is 14.8 Å². The van der Waals surface area contributed by atoms with Crippen molar-refractivity contribution in [3.63, 3.8) is 0 Å². The summed E-state index contributed by atoms with van der Waals surface area (Å²) in [5, 5.41) is 3.78. The average molecular weight is 449 g/mol. The lowest BCUT2D eigenvalue weighted by Crippen LogP contribution is -2.31. The third kappa shape index (κ3) is 7.46. The second-order valence-electron chi connectivity index (χ2n) is 7.39. The Hall–Kier alpha value is -2.38. The number of nitrogens with zero attached hydrogens (tertiary/aromatic N) is 1. The quantitative estimate of drug-likeness (QED) is 0.507. The van der Waals surface area contributed by atoms with E-state index < -0.39 is 0 Å². The summed E-state index contributed by atoms with van der Waals surface area (Å²) >= 11 is 7.68. The SMILES string of the molecule is CC(=O)CCC(=O)N[C@@H](C)C=Cc1cnc(Oc2ccc(OCC3CC3)cc2Cl)s1. The van der Waals surface area contributed by atoms with Crippen LogP contribution in [-0.2, 0) is 9.59 Å². The van der Waals surface area contributed by atoms with Crippen LogP contribution in [0.25, 0.3) is 6.08 Å². The van der Waals surface area contributed by atoms with E-state index in [1.54, 1.807) is 18.3 Å². The molecule has 160 valence electrons. The zero-order valence-electron chi connectivity index (χ0n) is 17.0. The van der Waals surface area contributed by atoms with Crippen LogP contribution >= 0.6 is 22.9 Å².